The van der Waals surface area contributed by atoms with Crippen molar-refractivity contribution in [3.63, 3.8) is 0 Å². The highest BCUT2D eigenvalue weighted by Gasteiger charge is 2.39. The Morgan fingerprint density at radius 2 is 1.90 bits per heavy atom. The smallest absolute Gasteiger partial charge is 0.323 e. The first-order chi connectivity index (χ1) is 9.52. The molecule has 0 aliphatic carbocycles. The summed E-state index contributed by atoms with van der Waals surface area (Å²) >= 11 is 0. The molecule has 20 heavy (non-hydrogen) atoms. The first-order valence-corrected chi connectivity index (χ1v) is 6.86. The number of aliphatic carboxylic acids is 1. The Balaban J connectivity index is 2.04. The van der Waals surface area contributed by atoms with E-state index < -0.39 is 11.5 Å². The molecule has 1 saturated heterocycles. The van der Waals surface area contributed by atoms with Crippen LogP contribution in [0.2, 0.25) is 0 Å². The predicted molar refractivity (Wildman–Crippen MR) is 74.9 cm³/mol. The first-order valence-electron chi connectivity index (χ1n) is 6.86. The second kappa shape index (κ2) is 6.24. The van der Waals surface area contributed by atoms with Gasteiger partial charge in [-0.05, 0) is 37.5 Å². The van der Waals surface area contributed by atoms with E-state index in [0.717, 1.165) is 5.56 Å². The number of nitrogens with zero attached hydrogens (tertiary/aromatic N) is 1. The van der Waals surface area contributed by atoms with E-state index in [9.17, 15) is 15.0 Å². The number of aryl methyl sites for hydroxylation is 1. The molecule has 1 heterocycles. The van der Waals surface area contributed by atoms with E-state index in [2.05, 4.69) is 0 Å². The lowest BCUT2D eigenvalue weighted by Gasteiger charge is -2.40. The van der Waals surface area contributed by atoms with Gasteiger partial charge in [0.2, 0.25) is 0 Å². The maximum atomic E-state index is 11.7. The quantitative estimate of drug-likeness (QED) is 0.855. The molecular weight excluding hydrogens is 258 g/mol. The van der Waals surface area contributed by atoms with Gasteiger partial charge in [-0.3, -0.25) is 9.69 Å². The summed E-state index contributed by atoms with van der Waals surface area (Å²) in [5.74, 6) is -0.568. The largest absolute Gasteiger partial charge is 0.508 e. The molecule has 5 heteroatoms. The number of hydrogen-bond acceptors (Lipinski definition) is 4. The molecule has 0 aromatic heterocycles. The number of carboxylic acids is 1. The molecule has 0 saturated carbocycles. The van der Waals surface area contributed by atoms with Gasteiger partial charge in [-0.2, -0.15) is 0 Å². The van der Waals surface area contributed by atoms with Crippen LogP contribution in [0.25, 0.3) is 0 Å². The average molecular weight is 279 g/mol. The summed E-state index contributed by atoms with van der Waals surface area (Å²) in [6.07, 6.45) is 1.20. The van der Waals surface area contributed by atoms with Crippen molar-refractivity contribution in [2.24, 2.45) is 0 Å². The van der Waals surface area contributed by atoms with Crippen molar-refractivity contribution in [2.45, 2.75) is 25.3 Å². The number of ether oxygens (including phenoxy) is 1. The zero-order valence-electron chi connectivity index (χ0n) is 11.7. The summed E-state index contributed by atoms with van der Waals surface area (Å²) < 4.78 is 5.29. The van der Waals surface area contributed by atoms with E-state index in [1.165, 1.54) is 0 Å². The molecule has 1 fully saturated rings. The lowest BCUT2D eigenvalue weighted by Crippen LogP contribution is -2.56. The van der Waals surface area contributed by atoms with Crippen LogP contribution >= 0.6 is 0 Å². The van der Waals surface area contributed by atoms with E-state index in [4.69, 9.17) is 4.74 Å². The molecule has 1 aliphatic heterocycles. The normalized spacial score (nSPS) is 19.4. The van der Waals surface area contributed by atoms with E-state index in [1.807, 2.05) is 17.0 Å². The molecule has 1 aliphatic rings. The van der Waals surface area contributed by atoms with E-state index >= 15 is 0 Å². The monoisotopic (exact) mass is 279 g/mol. The third-order valence-corrected chi connectivity index (χ3v) is 4.01. The molecule has 1 unspecified atom stereocenters. The Morgan fingerprint density at radius 3 is 2.45 bits per heavy atom. The number of rotatable bonds is 5. The Morgan fingerprint density at radius 1 is 1.30 bits per heavy atom. The zero-order valence-corrected chi connectivity index (χ0v) is 11.7. The van der Waals surface area contributed by atoms with Crippen molar-refractivity contribution in [1.82, 2.24) is 4.90 Å². The van der Waals surface area contributed by atoms with Gasteiger partial charge in [-0.25, -0.2) is 0 Å². The molecule has 0 radical (unpaired) electrons. The van der Waals surface area contributed by atoms with Crippen LogP contribution in [0.5, 0.6) is 5.75 Å². The maximum Gasteiger partial charge on any atom is 0.323 e. The van der Waals surface area contributed by atoms with Gasteiger partial charge >= 0.3 is 5.97 Å². The topological polar surface area (TPSA) is 70.0 Å². The second-order valence-corrected chi connectivity index (χ2v) is 5.34. The number of morpholine rings is 1. The van der Waals surface area contributed by atoms with Crippen LogP contribution in [0.1, 0.15) is 18.9 Å². The number of carboxylic acid groups (broad SMARTS) is 1. The number of phenols is 1. The van der Waals surface area contributed by atoms with Crippen molar-refractivity contribution in [1.29, 1.82) is 0 Å². The Bertz CT molecular complexity index is 453. The molecule has 5 nitrogen and oxygen atoms in total. The summed E-state index contributed by atoms with van der Waals surface area (Å²) in [5.41, 5.74) is 0.158. The lowest BCUT2D eigenvalue weighted by molar-refractivity contribution is -0.154. The third kappa shape index (κ3) is 3.29. The fourth-order valence-corrected chi connectivity index (χ4v) is 2.51. The van der Waals surface area contributed by atoms with Crippen molar-refractivity contribution in [3.8, 4) is 5.75 Å². The number of phenolic OH excluding ortho intramolecular Hbond substituents is 1. The number of carbonyl (C=O) groups is 1. The maximum absolute atomic E-state index is 11.7. The van der Waals surface area contributed by atoms with Gasteiger partial charge in [0.15, 0.2) is 0 Å². The van der Waals surface area contributed by atoms with Gasteiger partial charge in [0.25, 0.3) is 0 Å². The zero-order chi connectivity index (χ0) is 14.6. The SMILES string of the molecule is CC(CCc1ccc(O)cc1)(C(=O)O)N1CCOCC1. The lowest BCUT2D eigenvalue weighted by atomic mass is 9.91. The minimum atomic E-state index is -0.873. The van der Waals surface area contributed by atoms with Crippen molar-refractivity contribution in [3.05, 3.63) is 29.8 Å². The van der Waals surface area contributed by atoms with Crippen LogP contribution in [-0.4, -0.2) is 52.9 Å². The number of aromatic hydroxyl groups is 1. The highest BCUT2D eigenvalue weighted by atomic mass is 16.5. The van der Waals surface area contributed by atoms with E-state index in [1.54, 1.807) is 19.1 Å². The predicted octanol–water partition coefficient (Wildman–Crippen LogP) is 1.50. The van der Waals surface area contributed by atoms with Crippen LogP contribution in [0.15, 0.2) is 24.3 Å². The summed E-state index contributed by atoms with van der Waals surface area (Å²) in [6.45, 7) is 4.25. The van der Waals surface area contributed by atoms with Gasteiger partial charge < -0.3 is 14.9 Å². The van der Waals surface area contributed by atoms with Gasteiger partial charge in [0.05, 0.1) is 13.2 Å². The van der Waals surface area contributed by atoms with Crippen molar-refractivity contribution in [2.75, 3.05) is 26.3 Å². The summed E-state index contributed by atoms with van der Waals surface area (Å²) in [6, 6.07) is 6.91. The summed E-state index contributed by atoms with van der Waals surface area (Å²) in [5, 5.41) is 18.8. The molecular formula is C15H21NO4. The van der Waals surface area contributed by atoms with Gasteiger partial charge in [0, 0.05) is 13.1 Å². The fraction of sp³-hybridized carbons (Fsp3) is 0.533. The van der Waals surface area contributed by atoms with Gasteiger partial charge in [0.1, 0.15) is 11.3 Å². The summed E-state index contributed by atoms with van der Waals surface area (Å²) in [4.78, 5) is 13.7. The van der Waals surface area contributed by atoms with Crippen LogP contribution in [0.3, 0.4) is 0 Å². The van der Waals surface area contributed by atoms with Crippen LogP contribution in [-0.2, 0) is 16.0 Å². The molecule has 0 amide bonds. The average Bonchev–Trinajstić information content (AvgIpc) is 2.47. The molecule has 0 bridgehead atoms. The minimum absolute atomic E-state index is 0.225. The third-order valence-electron chi connectivity index (χ3n) is 4.01. The Kier molecular flexibility index (Phi) is 4.62. The van der Waals surface area contributed by atoms with Crippen molar-refractivity contribution >= 4 is 5.97 Å². The van der Waals surface area contributed by atoms with Gasteiger partial charge in [-0.15, -0.1) is 0 Å². The Labute approximate surface area is 118 Å². The summed E-state index contributed by atoms with van der Waals surface area (Å²) in [7, 11) is 0. The van der Waals surface area contributed by atoms with E-state index in [-0.39, 0.29) is 5.75 Å². The molecule has 2 N–H and O–H groups in total. The number of benzene rings is 1. The van der Waals surface area contributed by atoms with Crippen LogP contribution < -0.4 is 0 Å². The first kappa shape index (κ1) is 14.8. The fourth-order valence-electron chi connectivity index (χ4n) is 2.51. The molecule has 2 rings (SSSR count). The van der Waals surface area contributed by atoms with E-state index in [0.29, 0.717) is 39.1 Å². The molecule has 1 aromatic rings. The second-order valence-electron chi connectivity index (χ2n) is 5.34. The van der Waals surface area contributed by atoms with Crippen molar-refractivity contribution < 1.29 is 19.7 Å². The molecule has 1 atom stereocenters. The van der Waals surface area contributed by atoms with Gasteiger partial charge in [-0.1, -0.05) is 12.1 Å². The number of hydrogen-bond donors (Lipinski definition) is 2. The molecule has 1 aromatic carbocycles. The highest BCUT2D eigenvalue weighted by Crippen LogP contribution is 2.24. The van der Waals surface area contributed by atoms with Crippen LogP contribution in [0.4, 0.5) is 0 Å². The minimum Gasteiger partial charge on any atom is -0.508 e. The molecule has 0 spiro atoms. The molecule has 110 valence electrons. The van der Waals surface area contributed by atoms with Crippen LogP contribution in [0, 0.1) is 0 Å². The Hall–Kier alpha value is -1.59. The standard InChI is InChI=1S/C15H21NO4/c1-15(14(18)19,16-8-10-20-11-9-16)7-6-12-2-4-13(17)5-3-12/h2-5,17H,6-11H2,1H3,(H,18,19). The highest BCUT2D eigenvalue weighted by molar-refractivity contribution is 5.78.